The zero-order valence-corrected chi connectivity index (χ0v) is 11.4. The van der Waals surface area contributed by atoms with Crippen LogP contribution in [0.25, 0.3) is 32.8 Å². The van der Waals surface area contributed by atoms with Crippen LogP contribution in [-0.2, 0) is 0 Å². The standard InChI is InChI=1S/C16H10ClNO2/c1-19-16-11-5-3-2-4-10(11)15-14(18-16)12-8-9(17)6-7-13(12)20-15/h2-8H,1H3. The molecule has 0 saturated carbocycles. The Morgan fingerprint density at radius 2 is 1.85 bits per heavy atom. The number of fused-ring (bicyclic) bond motifs is 5. The third-order valence-electron chi connectivity index (χ3n) is 3.43. The van der Waals surface area contributed by atoms with Gasteiger partial charge in [-0.3, -0.25) is 0 Å². The SMILES string of the molecule is COc1nc2c3cc(Cl)ccc3oc2c2ccccc12. The Kier molecular flexibility index (Phi) is 2.38. The van der Waals surface area contributed by atoms with Crippen molar-refractivity contribution in [1.29, 1.82) is 0 Å². The van der Waals surface area contributed by atoms with Crippen LogP contribution in [0.4, 0.5) is 0 Å². The molecule has 0 saturated heterocycles. The molecular weight excluding hydrogens is 274 g/mol. The number of pyridine rings is 1. The average Bonchev–Trinajstić information content (AvgIpc) is 2.84. The van der Waals surface area contributed by atoms with Crippen LogP contribution in [0.3, 0.4) is 0 Å². The maximum atomic E-state index is 6.07. The summed E-state index contributed by atoms with van der Waals surface area (Å²) in [4.78, 5) is 4.58. The highest BCUT2D eigenvalue weighted by Crippen LogP contribution is 2.37. The van der Waals surface area contributed by atoms with Crippen molar-refractivity contribution in [3.8, 4) is 5.88 Å². The van der Waals surface area contributed by atoms with Crippen molar-refractivity contribution in [3.05, 3.63) is 47.5 Å². The molecule has 0 aliphatic carbocycles. The first-order valence-electron chi connectivity index (χ1n) is 6.22. The summed E-state index contributed by atoms with van der Waals surface area (Å²) in [7, 11) is 1.62. The van der Waals surface area contributed by atoms with Gasteiger partial charge in [0.2, 0.25) is 5.88 Å². The van der Waals surface area contributed by atoms with Crippen LogP contribution in [0.5, 0.6) is 5.88 Å². The van der Waals surface area contributed by atoms with Gasteiger partial charge in [-0.25, -0.2) is 4.98 Å². The van der Waals surface area contributed by atoms with E-state index in [1.165, 1.54) is 0 Å². The Morgan fingerprint density at radius 3 is 2.65 bits per heavy atom. The second kappa shape index (κ2) is 4.12. The first-order valence-corrected chi connectivity index (χ1v) is 6.60. The number of nitrogens with zero attached hydrogens (tertiary/aromatic N) is 1. The summed E-state index contributed by atoms with van der Waals surface area (Å²) in [5.41, 5.74) is 2.31. The molecule has 20 heavy (non-hydrogen) atoms. The molecule has 0 aliphatic rings. The summed E-state index contributed by atoms with van der Waals surface area (Å²) in [6.45, 7) is 0. The summed E-state index contributed by atoms with van der Waals surface area (Å²) in [5, 5.41) is 3.49. The van der Waals surface area contributed by atoms with Gasteiger partial charge in [0.1, 0.15) is 11.1 Å². The quantitative estimate of drug-likeness (QED) is 0.503. The zero-order valence-electron chi connectivity index (χ0n) is 10.7. The second-order valence-electron chi connectivity index (χ2n) is 4.59. The lowest BCUT2D eigenvalue weighted by Crippen LogP contribution is -1.89. The first-order chi connectivity index (χ1) is 9.78. The maximum absolute atomic E-state index is 6.07. The van der Waals surface area contributed by atoms with Crippen molar-refractivity contribution in [2.75, 3.05) is 7.11 Å². The summed E-state index contributed by atoms with van der Waals surface area (Å²) < 4.78 is 11.3. The molecule has 0 fully saturated rings. The predicted octanol–water partition coefficient (Wildman–Crippen LogP) is 4.80. The van der Waals surface area contributed by atoms with Gasteiger partial charge >= 0.3 is 0 Å². The van der Waals surface area contributed by atoms with Crippen LogP contribution >= 0.6 is 11.6 Å². The molecule has 0 unspecified atom stereocenters. The molecule has 0 N–H and O–H groups in total. The molecule has 2 heterocycles. The van der Waals surface area contributed by atoms with E-state index in [0.717, 1.165) is 32.8 Å². The molecule has 4 heteroatoms. The van der Waals surface area contributed by atoms with Crippen LogP contribution in [0.2, 0.25) is 5.02 Å². The molecule has 0 spiro atoms. The van der Waals surface area contributed by atoms with E-state index in [9.17, 15) is 0 Å². The summed E-state index contributed by atoms with van der Waals surface area (Å²) >= 11 is 6.07. The summed E-state index contributed by atoms with van der Waals surface area (Å²) in [5.74, 6) is 0.593. The molecular formula is C16H10ClNO2. The molecule has 0 radical (unpaired) electrons. The van der Waals surface area contributed by atoms with E-state index in [4.69, 9.17) is 20.8 Å². The highest BCUT2D eigenvalue weighted by molar-refractivity contribution is 6.31. The monoisotopic (exact) mass is 283 g/mol. The van der Waals surface area contributed by atoms with E-state index in [1.807, 2.05) is 42.5 Å². The van der Waals surface area contributed by atoms with Gasteiger partial charge < -0.3 is 9.15 Å². The fourth-order valence-electron chi connectivity index (χ4n) is 2.54. The van der Waals surface area contributed by atoms with Gasteiger partial charge in [0.25, 0.3) is 0 Å². The number of methoxy groups -OCH3 is 1. The van der Waals surface area contributed by atoms with E-state index >= 15 is 0 Å². The number of benzene rings is 2. The molecule has 0 aliphatic heterocycles. The van der Waals surface area contributed by atoms with Crippen molar-refractivity contribution < 1.29 is 9.15 Å². The molecule has 98 valence electrons. The lowest BCUT2D eigenvalue weighted by molar-refractivity contribution is 0.405. The predicted molar refractivity (Wildman–Crippen MR) is 80.6 cm³/mol. The zero-order chi connectivity index (χ0) is 13.7. The maximum Gasteiger partial charge on any atom is 0.221 e. The lowest BCUT2D eigenvalue weighted by Gasteiger charge is -2.04. The summed E-state index contributed by atoms with van der Waals surface area (Å²) in [6, 6.07) is 13.4. The number of hydrogen-bond acceptors (Lipinski definition) is 3. The molecule has 0 bridgehead atoms. The number of halogens is 1. The normalized spacial score (nSPS) is 11.5. The molecule has 4 rings (SSSR count). The van der Waals surface area contributed by atoms with Gasteiger partial charge in [-0.1, -0.05) is 29.8 Å². The fourth-order valence-corrected chi connectivity index (χ4v) is 2.71. The van der Waals surface area contributed by atoms with Gasteiger partial charge in [0.05, 0.1) is 7.11 Å². The Hall–Kier alpha value is -2.26. The number of ether oxygens (including phenoxy) is 1. The smallest absolute Gasteiger partial charge is 0.221 e. The van der Waals surface area contributed by atoms with Crippen molar-refractivity contribution in [2.24, 2.45) is 0 Å². The third-order valence-corrected chi connectivity index (χ3v) is 3.67. The van der Waals surface area contributed by atoms with E-state index < -0.39 is 0 Å². The van der Waals surface area contributed by atoms with Crippen LogP contribution in [0.1, 0.15) is 0 Å². The molecule has 0 atom stereocenters. The van der Waals surface area contributed by atoms with Crippen LogP contribution in [-0.4, -0.2) is 12.1 Å². The van der Waals surface area contributed by atoms with Gasteiger partial charge in [0.15, 0.2) is 5.58 Å². The topological polar surface area (TPSA) is 35.3 Å². The molecule has 4 aromatic rings. The van der Waals surface area contributed by atoms with E-state index in [2.05, 4.69) is 4.98 Å². The first kappa shape index (κ1) is 11.6. The van der Waals surface area contributed by atoms with E-state index in [-0.39, 0.29) is 0 Å². The van der Waals surface area contributed by atoms with Crippen molar-refractivity contribution in [1.82, 2.24) is 4.98 Å². The molecule has 0 amide bonds. The third kappa shape index (κ3) is 1.50. The van der Waals surface area contributed by atoms with E-state index in [0.29, 0.717) is 10.9 Å². The molecule has 2 aromatic heterocycles. The number of hydrogen-bond donors (Lipinski definition) is 0. The van der Waals surface area contributed by atoms with Gasteiger partial charge in [-0.2, -0.15) is 0 Å². The number of rotatable bonds is 1. The highest BCUT2D eigenvalue weighted by atomic mass is 35.5. The van der Waals surface area contributed by atoms with Crippen molar-refractivity contribution in [2.45, 2.75) is 0 Å². The average molecular weight is 284 g/mol. The van der Waals surface area contributed by atoms with E-state index in [1.54, 1.807) is 7.11 Å². The second-order valence-corrected chi connectivity index (χ2v) is 5.02. The number of aromatic nitrogens is 1. The van der Waals surface area contributed by atoms with Crippen LogP contribution < -0.4 is 4.74 Å². The minimum Gasteiger partial charge on any atom is -0.481 e. The lowest BCUT2D eigenvalue weighted by atomic mass is 10.1. The minimum absolute atomic E-state index is 0.593. The Bertz CT molecular complexity index is 959. The Morgan fingerprint density at radius 1 is 1.05 bits per heavy atom. The highest BCUT2D eigenvalue weighted by Gasteiger charge is 2.15. The fraction of sp³-hybridized carbons (Fsp3) is 0.0625. The van der Waals surface area contributed by atoms with Gasteiger partial charge in [-0.05, 0) is 24.3 Å². The van der Waals surface area contributed by atoms with Crippen molar-refractivity contribution >= 4 is 44.4 Å². The Labute approximate surface area is 119 Å². The summed E-state index contributed by atoms with van der Waals surface area (Å²) in [6.07, 6.45) is 0. The van der Waals surface area contributed by atoms with Crippen LogP contribution in [0, 0.1) is 0 Å². The van der Waals surface area contributed by atoms with Crippen molar-refractivity contribution in [3.63, 3.8) is 0 Å². The van der Waals surface area contributed by atoms with Gasteiger partial charge in [-0.15, -0.1) is 0 Å². The van der Waals surface area contributed by atoms with Crippen LogP contribution in [0.15, 0.2) is 46.9 Å². The largest absolute Gasteiger partial charge is 0.481 e. The Balaban J connectivity index is 2.29. The molecule has 2 aromatic carbocycles. The van der Waals surface area contributed by atoms with Gasteiger partial charge in [0, 0.05) is 21.2 Å². The minimum atomic E-state index is 0.593. The number of furan rings is 1. The molecule has 3 nitrogen and oxygen atoms in total.